The lowest BCUT2D eigenvalue weighted by molar-refractivity contribution is -0.386. The number of hydrogen-bond acceptors (Lipinski definition) is 6. The fourth-order valence-electron chi connectivity index (χ4n) is 3.79. The normalized spacial score (nSPS) is 18.7. The molecule has 0 spiro atoms. The number of ether oxygens (including phenoxy) is 1. The van der Waals surface area contributed by atoms with E-state index in [4.69, 9.17) is 21.4 Å². The molecule has 1 N–H and O–H groups in total. The minimum Gasteiger partial charge on any atom is -0.479 e. The van der Waals surface area contributed by atoms with Gasteiger partial charge < -0.3 is 14.5 Å². The molecule has 2 heterocycles. The van der Waals surface area contributed by atoms with Crippen LogP contribution in [0.5, 0.6) is 5.75 Å². The van der Waals surface area contributed by atoms with Crippen LogP contribution >= 0.6 is 12.2 Å². The number of carbonyl (C=O) groups is 1. The molecule has 2 aromatic rings. The van der Waals surface area contributed by atoms with Gasteiger partial charge in [0, 0.05) is 18.2 Å². The van der Waals surface area contributed by atoms with Crippen LogP contribution in [0.2, 0.25) is 0 Å². The minimum atomic E-state index is -0.494. The zero-order valence-corrected chi connectivity index (χ0v) is 17.0. The van der Waals surface area contributed by atoms with Gasteiger partial charge in [-0.05, 0) is 43.3 Å². The summed E-state index contributed by atoms with van der Waals surface area (Å²) >= 11 is 5.37. The van der Waals surface area contributed by atoms with Gasteiger partial charge in [-0.1, -0.05) is 31.4 Å². The van der Waals surface area contributed by atoms with Gasteiger partial charge >= 0.3 is 5.69 Å². The van der Waals surface area contributed by atoms with Gasteiger partial charge in [0.1, 0.15) is 23.8 Å². The third-order valence-electron chi connectivity index (χ3n) is 5.25. The van der Waals surface area contributed by atoms with Gasteiger partial charge in [0.2, 0.25) is 0 Å². The number of nitrogens with zero attached hydrogens (tertiary/aromatic N) is 2. The van der Waals surface area contributed by atoms with Gasteiger partial charge in [-0.3, -0.25) is 19.8 Å². The zero-order valence-electron chi connectivity index (χ0n) is 16.2. The number of hydrogen-bond donors (Lipinski definition) is 1. The van der Waals surface area contributed by atoms with Crippen LogP contribution in [0.4, 0.5) is 5.69 Å². The van der Waals surface area contributed by atoms with Crippen molar-refractivity contribution in [3.8, 4) is 5.75 Å². The molecule has 2 fully saturated rings. The second kappa shape index (κ2) is 8.66. The Morgan fingerprint density at radius 2 is 2.00 bits per heavy atom. The molecule has 4 rings (SSSR count). The van der Waals surface area contributed by atoms with Gasteiger partial charge in [0.15, 0.2) is 10.9 Å². The van der Waals surface area contributed by atoms with Crippen molar-refractivity contribution in [1.82, 2.24) is 10.2 Å². The Labute approximate surface area is 178 Å². The van der Waals surface area contributed by atoms with Gasteiger partial charge in [0.05, 0.1) is 4.92 Å². The number of thiocarbonyl (C=S) groups is 1. The summed E-state index contributed by atoms with van der Waals surface area (Å²) in [6.45, 7) is 0.0298. The number of nitro groups is 1. The Bertz CT molecular complexity index is 1010. The summed E-state index contributed by atoms with van der Waals surface area (Å²) in [6, 6.07) is 9.73. The van der Waals surface area contributed by atoms with Crippen LogP contribution in [-0.4, -0.2) is 26.9 Å². The summed E-state index contributed by atoms with van der Waals surface area (Å²) in [7, 11) is 0. The van der Waals surface area contributed by atoms with Crippen molar-refractivity contribution in [2.45, 2.75) is 44.8 Å². The maximum Gasteiger partial charge on any atom is 0.310 e. The number of amides is 1. The van der Waals surface area contributed by atoms with E-state index in [9.17, 15) is 14.9 Å². The predicted octanol–water partition coefficient (Wildman–Crippen LogP) is 4.16. The smallest absolute Gasteiger partial charge is 0.310 e. The predicted molar refractivity (Wildman–Crippen MR) is 114 cm³/mol. The van der Waals surface area contributed by atoms with Crippen molar-refractivity contribution in [3.63, 3.8) is 0 Å². The fourth-order valence-corrected chi connectivity index (χ4v) is 4.13. The number of benzene rings is 1. The average Bonchev–Trinajstić information content (AvgIpc) is 3.31. The van der Waals surface area contributed by atoms with E-state index in [-0.39, 0.29) is 30.0 Å². The van der Waals surface area contributed by atoms with Crippen molar-refractivity contribution >= 4 is 35.0 Å². The van der Waals surface area contributed by atoms with E-state index in [0.29, 0.717) is 22.3 Å². The summed E-state index contributed by atoms with van der Waals surface area (Å²) in [5.74, 6) is 0.985. The quantitative estimate of drug-likeness (QED) is 0.320. The summed E-state index contributed by atoms with van der Waals surface area (Å²) < 4.78 is 11.2. The molecule has 1 aromatic heterocycles. The second-order valence-corrected chi connectivity index (χ2v) is 7.66. The molecular formula is C21H21N3O5S. The van der Waals surface area contributed by atoms with Crippen LogP contribution in [0.15, 0.2) is 46.5 Å². The molecule has 156 valence electrons. The van der Waals surface area contributed by atoms with Gasteiger partial charge in [-0.2, -0.15) is 0 Å². The lowest BCUT2D eigenvalue weighted by Crippen LogP contribution is -2.41. The largest absolute Gasteiger partial charge is 0.479 e. The summed E-state index contributed by atoms with van der Waals surface area (Å²) in [5, 5.41) is 14.5. The van der Waals surface area contributed by atoms with E-state index in [1.54, 1.807) is 35.2 Å². The average molecular weight is 427 g/mol. The molecule has 1 aliphatic heterocycles. The lowest BCUT2D eigenvalue weighted by atomic mass is 9.94. The Morgan fingerprint density at radius 1 is 1.23 bits per heavy atom. The van der Waals surface area contributed by atoms with E-state index < -0.39 is 4.92 Å². The molecule has 1 saturated carbocycles. The molecule has 1 saturated heterocycles. The molecule has 9 heteroatoms. The van der Waals surface area contributed by atoms with Crippen molar-refractivity contribution in [3.05, 3.63) is 63.7 Å². The van der Waals surface area contributed by atoms with Crippen LogP contribution in [0, 0.1) is 10.1 Å². The Hall–Kier alpha value is -3.20. The second-order valence-electron chi connectivity index (χ2n) is 7.27. The first-order valence-corrected chi connectivity index (χ1v) is 10.2. The standard InChI is InChI=1S/C21H21N3O5S/c25-20-17(22-21(30)23(20)14-6-2-1-3-7-14)12-15-10-11-16(29-15)13-28-19-9-5-4-8-18(19)24(26)27/h4-5,8-12,14H,1-3,6-7,13H2,(H,22,30)/b17-12+. The third kappa shape index (κ3) is 4.20. The molecule has 0 unspecified atom stereocenters. The maximum atomic E-state index is 12.8. The molecule has 1 amide bonds. The summed E-state index contributed by atoms with van der Waals surface area (Å²) in [6.07, 6.45) is 6.97. The fraction of sp³-hybridized carbons (Fsp3) is 0.333. The molecule has 30 heavy (non-hydrogen) atoms. The van der Waals surface area contributed by atoms with E-state index >= 15 is 0 Å². The monoisotopic (exact) mass is 427 g/mol. The molecule has 1 aliphatic carbocycles. The van der Waals surface area contributed by atoms with Crippen molar-refractivity contribution in [2.24, 2.45) is 0 Å². The number of para-hydroxylation sites is 2. The van der Waals surface area contributed by atoms with Gasteiger partial charge in [0.25, 0.3) is 5.91 Å². The number of carbonyl (C=O) groups excluding carboxylic acids is 1. The van der Waals surface area contributed by atoms with Crippen molar-refractivity contribution in [2.75, 3.05) is 0 Å². The molecule has 2 aliphatic rings. The number of rotatable bonds is 6. The van der Waals surface area contributed by atoms with E-state index in [2.05, 4.69) is 5.32 Å². The molecule has 8 nitrogen and oxygen atoms in total. The van der Waals surface area contributed by atoms with Crippen molar-refractivity contribution in [1.29, 1.82) is 0 Å². The third-order valence-corrected chi connectivity index (χ3v) is 5.55. The Balaban J connectivity index is 1.43. The first-order valence-electron chi connectivity index (χ1n) is 9.84. The SMILES string of the molecule is O=C1/C(=C\c2ccc(COc3ccccc3[N+](=O)[O-])o2)NC(=S)N1C1CCCCC1. The van der Waals surface area contributed by atoms with Crippen LogP contribution in [0.3, 0.4) is 0 Å². The minimum absolute atomic E-state index is 0.0298. The molecule has 1 aromatic carbocycles. The number of furan rings is 1. The highest BCUT2D eigenvalue weighted by Gasteiger charge is 2.36. The van der Waals surface area contributed by atoms with E-state index in [0.717, 1.165) is 25.7 Å². The molecule has 0 bridgehead atoms. The summed E-state index contributed by atoms with van der Waals surface area (Å²) in [5.41, 5.74) is 0.273. The molecule has 0 radical (unpaired) electrons. The topological polar surface area (TPSA) is 97.8 Å². The van der Waals surface area contributed by atoms with Crippen molar-refractivity contribution < 1.29 is 18.9 Å². The first kappa shape index (κ1) is 20.1. The van der Waals surface area contributed by atoms with Crippen LogP contribution in [-0.2, 0) is 11.4 Å². The Kier molecular flexibility index (Phi) is 5.80. The van der Waals surface area contributed by atoms with Crippen LogP contribution in [0.1, 0.15) is 43.6 Å². The van der Waals surface area contributed by atoms with E-state index in [1.165, 1.54) is 18.6 Å². The van der Waals surface area contributed by atoms with Crippen LogP contribution in [0.25, 0.3) is 6.08 Å². The summed E-state index contributed by atoms with van der Waals surface area (Å²) in [4.78, 5) is 25.1. The highest BCUT2D eigenvalue weighted by molar-refractivity contribution is 7.80. The first-order chi connectivity index (χ1) is 14.5. The molecule has 0 atom stereocenters. The Morgan fingerprint density at radius 3 is 2.77 bits per heavy atom. The molecular weight excluding hydrogens is 406 g/mol. The maximum absolute atomic E-state index is 12.8. The van der Waals surface area contributed by atoms with Gasteiger partial charge in [-0.25, -0.2) is 0 Å². The van der Waals surface area contributed by atoms with E-state index in [1.807, 2.05) is 0 Å². The highest BCUT2D eigenvalue weighted by Crippen LogP contribution is 2.28. The number of nitrogens with one attached hydrogen (secondary N) is 1. The van der Waals surface area contributed by atoms with Gasteiger partial charge in [-0.15, -0.1) is 0 Å². The van der Waals surface area contributed by atoms with Crippen LogP contribution < -0.4 is 10.1 Å². The zero-order chi connectivity index (χ0) is 21.1. The lowest BCUT2D eigenvalue weighted by Gasteiger charge is -2.29. The highest BCUT2D eigenvalue weighted by atomic mass is 32.1. The number of nitro benzene ring substituents is 1.